The lowest BCUT2D eigenvalue weighted by Crippen LogP contribution is -2.23. The van der Waals surface area contributed by atoms with Gasteiger partial charge in [-0.3, -0.25) is 0 Å². The van der Waals surface area contributed by atoms with E-state index in [2.05, 4.69) is 15.5 Å². The highest BCUT2D eigenvalue weighted by molar-refractivity contribution is 5.71. The molecule has 0 spiro atoms. The maximum Gasteiger partial charge on any atom is 0.328 e. The van der Waals surface area contributed by atoms with Gasteiger partial charge in [0.2, 0.25) is 0 Å². The molecule has 0 radical (unpaired) electrons. The molecular formula is C15H20N4O4. The van der Waals surface area contributed by atoms with Crippen LogP contribution in [0.3, 0.4) is 0 Å². The van der Waals surface area contributed by atoms with Gasteiger partial charge in [0, 0.05) is 6.07 Å². The lowest BCUT2D eigenvalue weighted by Gasteiger charge is -2.14. The Morgan fingerprint density at radius 1 is 1.39 bits per heavy atom. The summed E-state index contributed by atoms with van der Waals surface area (Å²) in [5, 5.41) is 20.6. The number of carbonyl (C=O) groups is 1. The van der Waals surface area contributed by atoms with Gasteiger partial charge in [0.1, 0.15) is 18.1 Å². The van der Waals surface area contributed by atoms with E-state index in [9.17, 15) is 9.90 Å². The number of hydrogen-bond donors (Lipinski definition) is 1. The van der Waals surface area contributed by atoms with Crippen LogP contribution in [0, 0.1) is 0 Å². The van der Waals surface area contributed by atoms with Crippen molar-refractivity contribution in [3.63, 3.8) is 0 Å². The number of carboxylic acids is 1. The van der Waals surface area contributed by atoms with Crippen LogP contribution in [0.2, 0.25) is 0 Å². The fourth-order valence-electron chi connectivity index (χ4n) is 2.14. The normalized spacial score (nSPS) is 11.9. The third kappa shape index (κ3) is 4.41. The van der Waals surface area contributed by atoms with Gasteiger partial charge in [0.05, 0.1) is 7.11 Å². The van der Waals surface area contributed by atoms with E-state index >= 15 is 0 Å². The molecule has 8 heteroatoms. The Hall–Kier alpha value is -2.64. The van der Waals surface area contributed by atoms with E-state index < -0.39 is 12.0 Å². The van der Waals surface area contributed by atoms with Gasteiger partial charge in [-0.15, -0.1) is 5.10 Å². The SMILES string of the molecule is CCCCC(C(=O)O)n1nnnc1COc1cccc(OC)c1. The van der Waals surface area contributed by atoms with Crippen molar-refractivity contribution in [2.45, 2.75) is 38.8 Å². The Morgan fingerprint density at radius 2 is 2.17 bits per heavy atom. The monoisotopic (exact) mass is 320 g/mol. The second kappa shape index (κ2) is 8.11. The third-order valence-corrected chi connectivity index (χ3v) is 3.38. The quantitative estimate of drug-likeness (QED) is 0.755. The van der Waals surface area contributed by atoms with E-state index in [-0.39, 0.29) is 6.61 Å². The molecule has 1 N–H and O–H groups in total. The van der Waals surface area contributed by atoms with E-state index in [0.717, 1.165) is 12.8 Å². The van der Waals surface area contributed by atoms with Crippen molar-refractivity contribution >= 4 is 5.97 Å². The number of rotatable bonds is 9. The summed E-state index contributed by atoms with van der Waals surface area (Å²) < 4.78 is 12.1. The molecule has 0 aliphatic heterocycles. The Kier molecular flexibility index (Phi) is 5.90. The van der Waals surface area contributed by atoms with Gasteiger partial charge in [0.15, 0.2) is 11.9 Å². The number of aromatic nitrogens is 4. The van der Waals surface area contributed by atoms with Crippen LogP contribution in [-0.4, -0.2) is 38.4 Å². The first-order valence-electron chi connectivity index (χ1n) is 7.42. The van der Waals surface area contributed by atoms with Crippen molar-refractivity contribution in [1.29, 1.82) is 0 Å². The molecule has 124 valence electrons. The molecule has 1 aromatic carbocycles. The minimum atomic E-state index is -0.951. The minimum absolute atomic E-state index is 0.0794. The fourth-order valence-corrected chi connectivity index (χ4v) is 2.14. The largest absolute Gasteiger partial charge is 0.497 e. The number of benzene rings is 1. The lowest BCUT2D eigenvalue weighted by molar-refractivity contribution is -0.141. The molecule has 0 saturated heterocycles. The average Bonchev–Trinajstić information content (AvgIpc) is 3.01. The van der Waals surface area contributed by atoms with E-state index in [1.165, 1.54) is 4.68 Å². The van der Waals surface area contributed by atoms with Crippen molar-refractivity contribution in [3.05, 3.63) is 30.1 Å². The number of carboxylic acid groups (broad SMARTS) is 1. The first-order chi connectivity index (χ1) is 11.2. The van der Waals surface area contributed by atoms with Crippen molar-refractivity contribution < 1.29 is 19.4 Å². The van der Waals surface area contributed by atoms with E-state index in [1.54, 1.807) is 25.3 Å². The van der Waals surface area contributed by atoms with E-state index in [0.29, 0.717) is 23.7 Å². The summed E-state index contributed by atoms with van der Waals surface area (Å²) in [4.78, 5) is 11.4. The Morgan fingerprint density at radius 3 is 2.87 bits per heavy atom. The number of ether oxygens (including phenoxy) is 2. The number of methoxy groups -OCH3 is 1. The van der Waals surface area contributed by atoms with Crippen LogP contribution in [0.5, 0.6) is 11.5 Å². The summed E-state index contributed by atoms with van der Waals surface area (Å²) in [5.41, 5.74) is 0. The van der Waals surface area contributed by atoms with Crippen LogP contribution in [0.25, 0.3) is 0 Å². The Labute approximate surface area is 134 Å². The second-order valence-corrected chi connectivity index (χ2v) is 5.00. The van der Waals surface area contributed by atoms with Crippen molar-refractivity contribution in [3.8, 4) is 11.5 Å². The van der Waals surface area contributed by atoms with Gasteiger partial charge in [-0.05, 0) is 29.0 Å². The standard InChI is InChI=1S/C15H20N4O4/c1-3-4-8-13(15(20)21)19-14(16-17-18-19)10-23-12-7-5-6-11(9-12)22-2/h5-7,9,13H,3-4,8,10H2,1-2H3,(H,20,21). The third-order valence-electron chi connectivity index (χ3n) is 3.38. The van der Waals surface area contributed by atoms with Crippen LogP contribution in [0.1, 0.15) is 38.1 Å². The molecule has 0 aliphatic carbocycles. The first kappa shape index (κ1) is 16.7. The summed E-state index contributed by atoms with van der Waals surface area (Å²) >= 11 is 0. The predicted molar refractivity (Wildman–Crippen MR) is 81.3 cm³/mol. The van der Waals surface area contributed by atoms with Crippen LogP contribution < -0.4 is 9.47 Å². The summed E-state index contributed by atoms with van der Waals surface area (Å²) in [6.45, 7) is 2.08. The summed E-state index contributed by atoms with van der Waals surface area (Å²) in [6.07, 6.45) is 2.16. The number of aliphatic carboxylic acids is 1. The van der Waals surface area contributed by atoms with Crippen LogP contribution in [0.4, 0.5) is 0 Å². The zero-order valence-electron chi connectivity index (χ0n) is 13.2. The molecular weight excluding hydrogens is 300 g/mol. The van der Waals surface area contributed by atoms with Crippen molar-refractivity contribution in [2.75, 3.05) is 7.11 Å². The molecule has 1 unspecified atom stereocenters. The zero-order chi connectivity index (χ0) is 16.7. The number of unbranched alkanes of at least 4 members (excludes halogenated alkanes) is 1. The van der Waals surface area contributed by atoms with Crippen molar-refractivity contribution in [1.82, 2.24) is 20.2 Å². The highest BCUT2D eigenvalue weighted by atomic mass is 16.5. The Balaban J connectivity index is 2.09. The van der Waals surface area contributed by atoms with Gasteiger partial charge in [0.25, 0.3) is 0 Å². The molecule has 0 aliphatic rings. The topological polar surface area (TPSA) is 99.4 Å². The molecule has 2 rings (SSSR count). The highest BCUT2D eigenvalue weighted by Crippen LogP contribution is 2.21. The summed E-state index contributed by atoms with van der Waals surface area (Å²) in [7, 11) is 1.57. The van der Waals surface area contributed by atoms with Gasteiger partial charge >= 0.3 is 5.97 Å². The molecule has 0 saturated carbocycles. The maximum absolute atomic E-state index is 11.4. The number of hydrogen-bond acceptors (Lipinski definition) is 6. The molecule has 1 aromatic heterocycles. The summed E-state index contributed by atoms with van der Waals surface area (Å²) in [6, 6.07) is 6.34. The molecule has 23 heavy (non-hydrogen) atoms. The van der Waals surface area contributed by atoms with E-state index in [1.807, 2.05) is 13.0 Å². The lowest BCUT2D eigenvalue weighted by atomic mass is 10.1. The minimum Gasteiger partial charge on any atom is -0.497 e. The molecule has 0 fully saturated rings. The summed E-state index contributed by atoms with van der Waals surface area (Å²) in [5.74, 6) is 0.692. The molecule has 1 heterocycles. The molecule has 1 atom stereocenters. The maximum atomic E-state index is 11.4. The second-order valence-electron chi connectivity index (χ2n) is 5.00. The van der Waals surface area contributed by atoms with Crippen molar-refractivity contribution in [2.24, 2.45) is 0 Å². The van der Waals surface area contributed by atoms with Crippen LogP contribution in [0.15, 0.2) is 24.3 Å². The van der Waals surface area contributed by atoms with Gasteiger partial charge in [-0.25, -0.2) is 9.48 Å². The number of nitrogens with zero attached hydrogens (tertiary/aromatic N) is 4. The van der Waals surface area contributed by atoms with E-state index in [4.69, 9.17) is 9.47 Å². The molecule has 2 aromatic rings. The molecule has 0 amide bonds. The van der Waals surface area contributed by atoms with Gasteiger partial charge < -0.3 is 14.6 Å². The number of tetrazole rings is 1. The smallest absolute Gasteiger partial charge is 0.328 e. The van der Waals surface area contributed by atoms with Gasteiger partial charge in [-0.1, -0.05) is 25.8 Å². The fraction of sp³-hybridized carbons (Fsp3) is 0.467. The van der Waals surface area contributed by atoms with Crippen LogP contribution in [-0.2, 0) is 11.4 Å². The molecule has 0 bridgehead atoms. The molecule has 8 nitrogen and oxygen atoms in total. The van der Waals surface area contributed by atoms with Gasteiger partial charge in [-0.2, -0.15) is 0 Å². The Bertz CT molecular complexity index is 644. The predicted octanol–water partition coefficient (Wildman–Crippen LogP) is 2.08. The zero-order valence-corrected chi connectivity index (χ0v) is 13.2. The average molecular weight is 320 g/mol. The highest BCUT2D eigenvalue weighted by Gasteiger charge is 2.24. The first-order valence-corrected chi connectivity index (χ1v) is 7.42. The van der Waals surface area contributed by atoms with Crippen LogP contribution >= 0.6 is 0 Å².